The van der Waals surface area contributed by atoms with E-state index in [1.54, 1.807) is 30.3 Å². The maximum atomic E-state index is 12.2. The van der Waals surface area contributed by atoms with Crippen LogP contribution in [0.1, 0.15) is 0 Å². The second-order valence-corrected chi connectivity index (χ2v) is 8.12. The van der Waals surface area contributed by atoms with Gasteiger partial charge in [0.25, 0.3) is 5.56 Å². The number of furan rings is 1. The van der Waals surface area contributed by atoms with Crippen molar-refractivity contribution in [2.24, 2.45) is 0 Å². The van der Waals surface area contributed by atoms with Crippen LogP contribution in [0.2, 0.25) is 0 Å². The molecule has 3 rings (SSSR count). The first kappa shape index (κ1) is 17.8. The van der Waals surface area contributed by atoms with Crippen LogP contribution in [0, 0.1) is 3.57 Å². The summed E-state index contributed by atoms with van der Waals surface area (Å²) < 4.78 is 34.3. The van der Waals surface area contributed by atoms with Crippen LogP contribution in [-0.2, 0) is 16.6 Å². The molecule has 3 aromatic rings. The third kappa shape index (κ3) is 4.35. The number of hydrogen-bond donors (Lipinski definition) is 1. The molecule has 7 nitrogen and oxygen atoms in total. The van der Waals surface area contributed by atoms with Gasteiger partial charge in [0.15, 0.2) is 5.76 Å². The monoisotopic (exact) mass is 471 g/mol. The zero-order chi connectivity index (χ0) is 17.9. The van der Waals surface area contributed by atoms with Gasteiger partial charge in [0.2, 0.25) is 10.0 Å². The van der Waals surface area contributed by atoms with E-state index in [2.05, 4.69) is 32.4 Å². The van der Waals surface area contributed by atoms with Crippen molar-refractivity contribution in [3.8, 4) is 11.5 Å². The summed E-state index contributed by atoms with van der Waals surface area (Å²) in [6.45, 7) is 0.153. The van der Waals surface area contributed by atoms with Gasteiger partial charge in [0, 0.05) is 16.2 Å². The minimum atomic E-state index is -3.63. The Kier molecular flexibility index (Phi) is 5.35. The van der Waals surface area contributed by atoms with E-state index in [0.29, 0.717) is 11.5 Å². The van der Waals surface area contributed by atoms with Gasteiger partial charge in [-0.1, -0.05) is 0 Å². The standard InChI is InChI=1S/C16H14IN3O4S/c17-12-3-5-13(6-4-12)25(22,23)18-9-10-20-16(21)8-7-14(19-20)15-2-1-11-24-15/h1-8,11,18H,9-10H2. The Morgan fingerprint density at radius 1 is 1.12 bits per heavy atom. The molecule has 0 amide bonds. The Morgan fingerprint density at radius 3 is 2.56 bits per heavy atom. The van der Waals surface area contributed by atoms with E-state index in [-0.39, 0.29) is 23.5 Å². The lowest BCUT2D eigenvalue weighted by Gasteiger charge is -2.08. The lowest BCUT2D eigenvalue weighted by atomic mass is 10.3. The van der Waals surface area contributed by atoms with Crippen molar-refractivity contribution < 1.29 is 12.8 Å². The Morgan fingerprint density at radius 2 is 1.88 bits per heavy atom. The maximum absolute atomic E-state index is 12.2. The molecule has 0 saturated carbocycles. The van der Waals surface area contributed by atoms with Crippen molar-refractivity contribution in [3.63, 3.8) is 0 Å². The van der Waals surface area contributed by atoms with Crippen LogP contribution in [0.25, 0.3) is 11.5 Å². The number of nitrogens with one attached hydrogen (secondary N) is 1. The molecule has 25 heavy (non-hydrogen) atoms. The van der Waals surface area contributed by atoms with Crippen molar-refractivity contribution in [2.75, 3.05) is 6.54 Å². The molecule has 0 fully saturated rings. The normalized spacial score (nSPS) is 11.6. The Labute approximate surface area is 157 Å². The van der Waals surface area contributed by atoms with E-state index >= 15 is 0 Å². The van der Waals surface area contributed by atoms with Crippen LogP contribution in [0.15, 0.2) is 68.9 Å². The number of halogens is 1. The molecule has 0 spiro atoms. The number of aromatic nitrogens is 2. The first-order valence-corrected chi connectivity index (χ1v) is 9.89. The topological polar surface area (TPSA) is 94.2 Å². The van der Waals surface area contributed by atoms with E-state index in [1.165, 1.54) is 29.1 Å². The fourth-order valence-corrected chi connectivity index (χ4v) is 3.53. The summed E-state index contributed by atoms with van der Waals surface area (Å²) >= 11 is 2.10. The van der Waals surface area contributed by atoms with Gasteiger partial charge < -0.3 is 4.42 Å². The second-order valence-electron chi connectivity index (χ2n) is 5.11. The summed E-state index contributed by atoms with van der Waals surface area (Å²) in [5.41, 5.74) is 0.189. The van der Waals surface area contributed by atoms with E-state index in [9.17, 15) is 13.2 Å². The highest BCUT2D eigenvalue weighted by atomic mass is 127. The van der Waals surface area contributed by atoms with E-state index in [0.717, 1.165) is 3.57 Å². The predicted molar refractivity (Wildman–Crippen MR) is 101 cm³/mol. The van der Waals surface area contributed by atoms with Gasteiger partial charge in [0.05, 0.1) is 17.7 Å². The molecule has 0 aliphatic heterocycles. The van der Waals surface area contributed by atoms with Crippen LogP contribution >= 0.6 is 22.6 Å². The van der Waals surface area contributed by atoms with Crippen molar-refractivity contribution in [3.05, 3.63) is 68.7 Å². The molecule has 2 aromatic heterocycles. The summed E-state index contributed by atoms with van der Waals surface area (Å²) in [7, 11) is -3.63. The van der Waals surface area contributed by atoms with Crippen molar-refractivity contribution >= 4 is 32.6 Å². The fraction of sp³-hybridized carbons (Fsp3) is 0.125. The van der Waals surface area contributed by atoms with Gasteiger partial charge in [-0.25, -0.2) is 17.8 Å². The smallest absolute Gasteiger partial charge is 0.266 e. The molecule has 1 N–H and O–H groups in total. The lowest BCUT2D eigenvalue weighted by Crippen LogP contribution is -2.32. The summed E-state index contributed by atoms with van der Waals surface area (Å²) in [4.78, 5) is 12.1. The van der Waals surface area contributed by atoms with Crippen molar-refractivity contribution in [1.29, 1.82) is 0 Å². The highest BCUT2D eigenvalue weighted by Gasteiger charge is 2.13. The average molecular weight is 471 g/mol. The van der Waals surface area contributed by atoms with E-state index in [1.807, 2.05) is 0 Å². The van der Waals surface area contributed by atoms with Crippen LogP contribution in [0.4, 0.5) is 0 Å². The van der Waals surface area contributed by atoms with Gasteiger partial charge in [0.1, 0.15) is 5.69 Å². The molecule has 130 valence electrons. The lowest BCUT2D eigenvalue weighted by molar-refractivity contribution is 0.539. The highest BCUT2D eigenvalue weighted by molar-refractivity contribution is 14.1. The third-order valence-electron chi connectivity index (χ3n) is 3.38. The Hall–Kier alpha value is -1.98. The number of nitrogens with zero attached hydrogens (tertiary/aromatic N) is 2. The number of benzene rings is 1. The summed E-state index contributed by atoms with van der Waals surface area (Å²) in [6, 6.07) is 12.9. The first-order chi connectivity index (χ1) is 12.0. The van der Waals surface area contributed by atoms with Crippen LogP contribution in [-0.4, -0.2) is 24.7 Å². The predicted octanol–water partition coefficient (Wildman–Crippen LogP) is 2.09. The Bertz CT molecular complexity index is 1010. The second kappa shape index (κ2) is 7.50. The summed E-state index contributed by atoms with van der Waals surface area (Å²) in [5, 5.41) is 4.19. The molecular weight excluding hydrogens is 457 g/mol. The molecule has 0 saturated heterocycles. The first-order valence-electron chi connectivity index (χ1n) is 7.33. The summed E-state index contributed by atoms with van der Waals surface area (Å²) in [5.74, 6) is 0.535. The third-order valence-corrected chi connectivity index (χ3v) is 5.58. The molecule has 0 aliphatic carbocycles. The minimum Gasteiger partial charge on any atom is -0.463 e. The minimum absolute atomic E-state index is 0.0445. The molecule has 9 heteroatoms. The van der Waals surface area contributed by atoms with Crippen molar-refractivity contribution in [2.45, 2.75) is 11.4 Å². The Balaban J connectivity index is 1.70. The molecule has 1 aromatic carbocycles. The SMILES string of the molecule is O=c1ccc(-c2ccco2)nn1CCNS(=O)(=O)c1ccc(I)cc1. The molecule has 0 radical (unpaired) electrons. The van der Waals surface area contributed by atoms with Crippen LogP contribution < -0.4 is 10.3 Å². The molecule has 0 atom stereocenters. The molecule has 2 heterocycles. The average Bonchev–Trinajstić information content (AvgIpc) is 3.11. The van der Waals surface area contributed by atoms with Gasteiger partial charge >= 0.3 is 0 Å². The molecule has 0 aliphatic rings. The van der Waals surface area contributed by atoms with Gasteiger partial charge in [-0.05, 0) is 65.1 Å². The van der Waals surface area contributed by atoms with Crippen LogP contribution in [0.5, 0.6) is 0 Å². The maximum Gasteiger partial charge on any atom is 0.266 e. The van der Waals surface area contributed by atoms with Gasteiger partial charge in [-0.15, -0.1) is 0 Å². The van der Waals surface area contributed by atoms with Gasteiger partial charge in [-0.2, -0.15) is 5.10 Å². The highest BCUT2D eigenvalue weighted by Crippen LogP contribution is 2.15. The number of hydrogen-bond acceptors (Lipinski definition) is 5. The van der Waals surface area contributed by atoms with Crippen LogP contribution in [0.3, 0.4) is 0 Å². The summed E-state index contributed by atoms with van der Waals surface area (Å²) in [6.07, 6.45) is 1.52. The molecule has 0 bridgehead atoms. The van der Waals surface area contributed by atoms with E-state index < -0.39 is 10.0 Å². The quantitative estimate of drug-likeness (QED) is 0.556. The largest absolute Gasteiger partial charge is 0.463 e. The van der Waals surface area contributed by atoms with Gasteiger partial charge in [-0.3, -0.25) is 4.79 Å². The molecule has 0 unspecified atom stereocenters. The van der Waals surface area contributed by atoms with E-state index in [4.69, 9.17) is 4.42 Å². The number of sulfonamides is 1. The number of rotatable bonds is 6. The fourth-order valence-electron chi connectivity index (χ4n) is 2.15. The van der Waals surface area contributed by atoms with Crippen molar-refractivity contribution in [1.82, 2.24) is 14.5 Å². The molecular formula is C16H14IN3O4S. The zero-order valence-corrected chi connectivity index (χ0v) is 15.9. The zero-order valence-electron chi connectivity index (χ0n) is 12.9.